The van der Waals surface area contributed by atoms with Crippen molar-refractivity contribution in [3.63, 3.8) is 0 Å². The number of hydrogen-bond donors (Lipinski definition) is 1. The van der Waals surface area contributed by atoms with Crippen molar-refractivity contribution in [3.05, 3.63) is 84.2 Å². The lowest BCUT2D eigenvalue weighted by Gasteiger charge is -2.35. The number of hydrogen-bond acceptors (Lipinski definition) is 4. The summed E-state index contributed by atoms with van der Waals surface area (Å²) in [6.07, 6.45) is 4.01. The van der Waals surface area contributed by atoms with Crippen molar-refractivity contribution in [2.45, 2.75) is 12.5 Å². The number of carbonyl (C=O) groups excluding carboxylic acids is 1. The summed E-state index contributed by atoms with van der Waals surface area (Å²) >= 11 is 0. The molecule has 1 saturated heterocycles. The third kappa shape index (κ3) is 5.34. The van der Waals surface area contributed by atoms with Gasteiger partial charge in [0.05, 0.1) is 24.3 Å². The molecule has 1 N–H and O–H groups in total. The van der Waals surface area contributed by atoms with E-state index < -0.39 is 0 Å². The van der Waals surface area contributed by atoms with Gasteiger partial charge >= 0.3 is 0 Å². The molecule has 1 atom stereocenters. The quantitative estimate of drug-likeness (QED) is 0.659. The van der Waals surface area contributed by atoms with E-state index in [0.717, 1.165) is 49.5 Å². The van der Waals surface area contributed by atoms with Crippen LogP contribution in [0, 0.1) is 0 Å². The van der Waals surface area contributed by atoms with Crippen LogP contribution in [0.3, 0.4) is 0 Å². The van der Waals surface area contributed by atoms with Crippen molar-refractivity contribution < 1.29 is 4.79 Å². The van der Waals surface area contributed by atoms with Crippen LogP contribution >= 0.6 is 0 Å². The fraction of sp³-hybridized carbons (Fsp3) is 0.333. The van der Waals surface area contributed by atoms with Gasteiger partial charge in [0.25, 0.3) is 0 Å². The number of carbonyl (C=O) groups is 1. The Hall–Kier alpha value is -2.96. The van der Waals surface area contributed by atoms with Gasteiger partial charge in [0, 0.05) is 38.9 Å². The number of piperazine rings is 1. The van der Waals surface area contributed by atoms with Gasteiger partial charge in [-0.25, -0.2) is 4.68 Å². The van der Waals surface area contributed by atoms with Crippen molar-refractivity contribution >= 4 is 5.91 Å². The van der Waals surface area contributed by atoms with Crippen LogP contribution < -0.4 is 5.32 Å². The second-order valence-electron chi connectivity index (χ2n) is 7.94. The monoisotopic (exact) mass is 403 g/mol. The van der Waals surface area contributed by atoms with E-state index in [4.69, 9.17) is 0 Å². The normalized spacial score (nSPS) is 16.3. The molecule has 1 fully saturated rings. The number of para-hydroxylation sites is 1. The van der Waals surface area contributed by atoms with E-state index >= 15 is 0 Å². The number of nitrogens with one attached hydrogen (secondary N) is 1. The number of nitrogens with zero attached hydrogens (tertiary/aromatic N) is 4. The molecule has 0 aliphatic carbocycles. The first-order valence-electron chi connectivity index (χ1n) is 10.5. The Morgan fingerprint density at radius 1 is 1.00 bits per heavy atom. The van der Waals surface area contributed by atoms with Crippen molar-refractivity contribution in [1.29, 1.82) is 0 Å². The van der Waals surface area contributed by atoms with E-state index in [1.165, 1.54) is 0 Å². The molecule has 0 bridgehead atoms. The predicted octanol–water partition coefficient (Wildman–Crippen LogP) is 2.52. The van der Waals surface area contributed by atoms with Crippen LogP contribution in [0.25, 0.3) is 5.69 Å². The first kappa shape index (κ1) is 20.3. The van der Waals surface area contributed by atoms with Gasteiger partial charge < -0.3 is 10.2 Å². The van der Waals surface area contributed by atoms with E-state index in [1.54, 1.807) is 6.20 Å². The molecule has 1 aliphatic heterocycles. The molecular weight excluding hydrogens is 374 g/mol. The maximum atomic E-state index is 12.9. The number of amides is 1. The fourth-order valence-corrected chi connectivity index (χ4v) is 3.81. The van der Waals surface area contributed by atoms with Crippen molar-refractivity contribution in [1.82, 2.24) is 24.9 Å². The molecule has 6 nitrogen and oxygen atoms in total. The summed E-state index contributed by atoms with van der Waals surface area (Å²) in [6.45, 7) is 5.01. The molecule has 1 aromatic heterocycles. The molecule has 0 spiro atoms. The Kier molecular flexibility index (Phi) is 6.57. The van der Waals surface area contributed by atoms with Crippen molar-refractivity contribution in [2.75, 3.05) is 39.8 Å². The first-order chi connectivity index (χ1) is 14.7. The third-order valence-electron chi connectivity index (χ3n) is 5.60. The predicted molar refractivity (Wildman–Crippen MR) is 119 cm³/mol. The largest absolute Gasteiger partial charge is 0.348 e. The zero-order valence-corrected chi connectivity index (χ0v) is 17.4. The Morgan fingerprint density at radius 3 is 2.37 bits per heavy atom. The summed E-state index contributed by atoms with van der Waals surface area (Å²) < 4.78 is 1.81. The number of aromatic nitrogens is 2. The molecule has 4 rings (SSSR count). The minimum atomic E-state index is -0.0220. The Bertz CT molecular complexity index is 932. The van der Waals surface area contributed by atoms with Gasteiger partial charge in [0.15, 0.2) is 0 Å². The van der Waals surface area contributed by atoms with Gasteiger partial charge in [0.1, 0.15) is 0 Å². The lowest BCUT2D eigenvalue weighted by atomic mass is 10.1. The molecule has 2 aromatic carbocycles. The molecule has 6 heteroatoms. The average Bonchev–Trinajstić information content (AvgIpc) is 3.24. The fourth-order valence-electron chi connectivity index (χ4n) is 3.81. The Morgan fingerprint density at radius 2 is 1.67 bits per heavy atom. The van der Waals surface area contributed by atoms with Gasteiger partial charge in [-0.3, -0.25) is 9.69 Å². The van der Waals surface area contributed by atoms with E-state index in [2.05, 4.69) is 39.4 Å². The Labute approximate surface area is 178 Å². The van der Waals surface area contributed by atoms with Crippen LogP contribution in [-0.4, -0.2) is 65.3 Å². The lowest BCUT2D eigenvalue weighted by molar-refractivity contribution is -0.121. The van der Waals surface area contributed by atoms with Crippen LogP contribution in [-0.2, 0) is 11.2 Å². The molecule has 1 aliphatic rings. The average molecular weight is 404 g/mol. The van der Waals surface area contributed by atoms with E-state index in [9.17, 15) is 4.79 Å². The molecule has 1 amide bonds. The molecule has 0 saturated carbocycles. The lowest BCUT2D eigenvalue weighted by Crippen LogP contribution is -2.48. The summed E-state index contributed by atoms with van der Waals surface area (Å²) in [7, 11) is 2.16. The molecule has 3 aromatic rings. The summed E-state index contributed by atoms with van der Waals surface area (Å²) in [6, 6.07) is 20.2. The highest BCUT2D eigenvalue weighted by Gasteiger charge is 2.21. The summed E-state index contributed by atoms with van der Waals surface area (Å²) in [5, 5.41) is 7.66. The van der Waals surface area contributed by atoms with Crippen LogP contribution in [0.15, 0.2) is 73.1 Å². The highest BCUT2D eigenvalue weighted by Crippen LogP contribution is 2.16. The van der Waals surface area contributed by atoms with Gasteiger partial charge in [-0.1, -0.05) is 48.5 Å². The highest BCUT2D eigenvalue weighted by atomic mass is 16.1. The number of rotatable bonds is 7. The van der Waals surface area contributed by atoms with Crippen molar-refractivity contribution in [3.8, 4) is 5.69 Å². The number of benzene rings is 2. The van der Waals surface area contributed by atoms with E-state index in [1.807, 2.05) is 59.4 Å². The number of likely N-dealkylation sites (N-methyl/N-ethyl adjacent to an activating group) is 1. The zero-order chi connectivity index (χ0) is 20.8. The summed E-state index contributed by atoms with van der Waals surface area (Å²) in [5.41, 5.74) is 3.04. The van der Waals surface area contributed by atoms with Gasteiger partial charge in [-0.15, -0.1) is 0 Å². The first-order valence-corrected chi connectivity index (χ1v) is 10.5. The molecule has 156 valence electrons. The molecule has 0 radical (unpaired) electrons. The standard InChI is InChI=1S/C24H29N5O/c1-27-12-14-28(15-13-27)19-23(21-8-4-2-5-9-21)26-24(30)16-20-17-25-29(18-20)22-10-6-3-7-11-22/h2-11,17-18,23H,12-16,19H2,1H3,(H,26,30). The molecular formula is C24H29N5O. The minimum Gasteiger partial charge on any atom is -0.348 e. The van der Waals surface area contributed by atoms with Crippen LogP contribution in [0.4, 0.5) is 0 Å². The van der Waals surface area contributed by atoms with Crippen LogP contribution in [0.1, 0.15) is 17.2 Å². The minimum absolute atomic E-state index is 0.0191. The van der Waals surface area contributed by atoms with Crippen LogP contribution in [0.5, 0.6) is 0 Å². The van der Waals surface area contributed by atoms with Gasteiger partial charge in [-0.2, -0.15) is 5.10 Å². The highest BCUT2D eigenvalue weighted by molar-refractivity contribution is 5.79. The summed E-state index contributed by atoms with van der Waals surface area (Å²) in [5.74, 6) is 0.0191. The SMILES string of the molecule is CN1CCN(CC(NC(=O)Cc2cnn(-c3ccccc3)c2)c2ccccc2)CC1. The Balaban J connectivity index is 1.41. The van der Waals surface area contributed by atoms with Crippen LogP contribution in [0.2, 0.25) is 0 Å². The van der Waals surface area contributed by atoms with E-state index in [0.29, 0.717) is 6.42 Å². The van der Waals surface area contributed by atoms with Gasteiger partial charge in [-0.05, 0) is 30.3 Å². The topological polar surface area (TPSA) is 53.4 Å². The summed E-state index contributed by atoms with van der Waals surface area (Å²) in [4.78, 5) is 17.6. The smallest absolute Gasteiger partial charge is 0.225 e. The second-order valence-corrected chi connectivity index (χ2v) is 7.94. The second kappa shape index (κ2) is 9.69. The molecule has 2 heterocycles. The zero-order valence-electron chi connectivity index (χ0n) is 17.4. The van der Waals surface area contributed by atoms with E-state index in [-0.39, 0.29) is 11.9 Å². The molecule has 30 heavy (non-hydrogen) atoms. The van der Waals surface area contributed by atoms with Crippen molar-refractivity contribution in [2.24, 2.45) is 0 Å². The van der Waals surface area contributed by atoms with Gasteiger partial charge in [0.2, 0.25) is 5.91 Å². The third-order valence-corrected chi connectivity index (χ3v) is 5.60. The maximum Gasteiger partial charge on any atom is 0.225 e. The molecule has 1 unspecified atom stereocenters. The maximum absolute atomic E-state index is 12.9.